The molecule has 3 rings (SSSR count). The number of aromatic nitrogens is 1. The Bertz CT molecular complexity index is 663. The lowest BCUT2D eigenvalue weighted by molar-refractivity contribution is 0.102. The third-order valence-electron chi connectivity index (χ3n) is 4.14. The highest BCUT2D eigenvalue weighted by Gasteiger charge is 2.17. The number of hydrogen-bond acceptors (Lipinski definition) is 4. The summed E-state index contributed by atoms with van der Waals surface area (Å²) in [5, 5.41) is 5.61. The molecule has 122 valence electrons. The first-order valence-corrected chi connectivity index (χ1v) is 9.79. The molecule has 1 aliphatic heterocycles. The molecule has 1 amide bonds. The smallest absolute Gasteiger partial charge is 0.257 e. The molecule has 1 aromatic carbocycles. The van der Waals surface area contributed by atoms with Gasteiger partial charge in [0.25, 0.3) is 5.91 Å². The lowest BCUT2D eigenvalue weighted by atomic mass is 9.99. The lowest BCUT2D eigenvalue weighted by Gasteiger charge is -2.29. The van der Waals surface area contributed by atoms with E-state index in [4.69, 9.17) is 0 Å². The third-order valence-corrected chi connectivity index (χ3v) is 5.67. The Morgan fingerprint density at radius 3 is 2.74 bits per heavy atom. The summed E-state index contributed by atoms with van der Waals surface area (Å²) < 4.78 is 1.12. The number of halogens is 1. The van der Waals surface area contributed by atoms with Crippen molar-refractivity contribution < 1.29 is 4.79 Å². The molecule has 0 spiro atoms. The fraction of sp³-hybridized carbons (Fsp3) is 0.412. The minimum atomic E-state index is -0.103. The van der Waals surface area contributed by atoms with E-state index in [-0.39, 0.29) is 5.91 Å². The molecule has 2 heterocycles. The Morgan fingerprint density at radius 1 is 1.35 bits per heavy atom. The Morgan fingerprint density at radius 2 is 2.04 bits per heavy atom. The molecule has 1 fully saturated rings. The summed E-state index contributed by atoms with van der Waals surface area (Å²) in [6.07, 6.45) is 2.53. The molecule has 1 N–H and O–H groups in total. The molecule has 0 bridgehead atoms. The largest absolute Gasteiger partial charge is 0.298 e. The van der Waals surface area contributed by atoms with E-state index >= 15 is 0 Å². The molecule has 23 heavy (non-hydrogen) atoms. The Balaban J connectivity index is 1.56. The first-order valence-electron chi connectivity index (χ1n) is 7.84. The zero-order valence-electron chi connectivity index (χ0n) is 13.1. The van der Waals surface area contributed by atoms with Crippen LogP contribution in [0.15, 0.2) is 29.6 Å². The van der Waals surface area contributed by atoms with Crippen LogP contribution in [-0.4, -0.2) is 28.9 Å². The summed E-state index contributed by atoms with van der Waals surface area (Å²) >= 11 is 3.72. The average Bonchev–Trinajstić information content (AvgIpc) is 2.97. The van der Waals surface area contributed by atoms with Crippen LogP contribution in [0.3, 0.4) is 0 Å². The molecule has 0 atom stereocenters. The summed E-state index contributed by atoms with van der Waals surface area (Å²) in [5.41, 5.74) is 1.70. The van der Waals surface area contributed by atoms with E-state index in [0.29, 0.717) is 10.7 Å². The zero-order valence-corrected chi connectivity index (χ0v) is 16.1. The minimum Gasteiger partial charge on any atom is -0.298 e. The molecule has 0 saturated carbocycles. The van der Waals surface area contributed by atoms with Crippen molar-refractivity contribution in [3.63, 3.8) is 0 Å². The van der Waals surface area contributed by atoms with E-state index < -0.39 is 0 Å². The number of rotatable bonds is 4. The van der Waals surface area contributed by atoms with E-state index in [1.54, 1.807) is 0 Å². The van der Waals surface area contributed by atoms with Crippen LogP contribution in [0.25, 0.3) is 0 Å². The second-order valence-corrected chi connectivity index (χ2v) is 8.17. The number of carbonyl (C=O) groups excluding carboxylic acids is 1. The summed E-state index contributed by atoms with van der Waals surface area (Å²) in [4.78, 5) is 19.2. The number of carbonyl (C=O) groups is 1. The van der Waals surface area contributed by atoms with Crippen LogP contribution < -0.4 is 5.32 Å². The monoisotopic (exact) mass is 441 g/mol. The van der Waals surface area contributed by atoms with E-state index in [1.165, 1.54) is 24.2 Å². The van der Waals surface area contributed by atoms with Gasteiger partial charge in [0.05, 0.1) is 5.69 Å². The number of nitrogens with one attached hydrogen (secondary N) is 1. The van der Waals surface area contributed by atoms with Crippen LogP contribution >= 0.6 is 33.9 Å². The van der Waals surface area contributed by atoms with Crippen LogP contribution in [0.1, 0.15) is 35.8 Å². The van der Waals surface area contributed by atoms with Crippen LogP contribution in [0.5, 0.6) is 0 Å². The van der Waals surface area contributed by atoms with Gasteiger partial charge in [-0.25, -0.2) is 4.98 Å². The maximum atomic E-state index is 12.2. The van der Waals surface area contributed by atoms with Gasteiger partial charge in [0.1, 0.15) is 0 Å². The molecule has 0 unspecified atom stereocenters. The van der Waals surface area contributed by atoms with Gasteiger partial charge in [-0.3, -0.25) is 15.0 Å². The predicted molar refractivity (Wildman–Crippen MR) is 103 cm³/mol. The number of thiazole rings is 1. The Labute approximate surface area is 154 Å². The molecule has 1 saturated heterocycles. The Kier molecular flexibility index (Phi) is 5.66. The van der Waals surface area contributed by atoms with Gasteiger partial charge in [-0.05, 0) is 78.7 Å². The molecule has 0 aliphatic carbocycles. The molecule has 1 aliphatic rings. The molecule has 0 radical (unpaired) electrons. The highest BCUT2D eigenvalue weighted by atomic mass is 127. The number of benzene rings is 1. The molecule has 1 aromatic heterocycles. The summed E-state index contributed by atoms with van der Waals surface area (Å²) in [5.74, 6) is 0.736. The van der Waals surface area contributed by atoms with Gasteiger partial charge in [0, 0.05) is 21.1 Å². The Hall–Kier alpha value is -0.990. The standard InChI is InChI=1S/C17H20IN3OS/c1-12-6-8-21(9-7-12)10-15-11-23-17(19-15)20-16(22)13-2-4-14(18)5-3-13/h2-5,11-12H,6-10H2,1H3,(H,19,20,22). The average molecular weight is 441 g/mol. The van der Waals surface area contributed by atoms with Crippen molar-refractivity contribution in [3.05, 3.63) is 44.5 Å². The predicted octanol–water partition coefficient (Wildman–Crippen LogP) is 4.23. The van der Waals surface area contributed by atoms with Gasteiger partial charge in [-0.15, -0.1) is 11.3 Å². The molecule has 4 nitrogen and oxygen atoms in total. The van der Waals surface area contributed by atoms with Gasteiger partial charge in [0.2, 0.25) is 0 Å². The molecule has 6 heteroatoms. The van der Waals surface area contributed by atoms with Gasteiger partial charge < -0.3 is 0 Å². The number of anilines is 1. The number of likely N-dealkylation sites (tertiary alicyclic amines) is 1. The van der Waals surface area contributed by atoms with Gasteiger partial charge in [-0.2, -0.15) is 0 Å². The van der Waals surface area contributed by atoms with E-state index in [1.807, 2.05) is 29.6 Å². The van der Waals surface area contributed by atoms with E-state index in [2.05, 4.69) is 44.7 Å². The topological polar surface area (TPSA) is 45.2 Å². The first kappa shape index (κ1) is 16.9. The highest BCUT2D eigenvalue weighted by molar-refractivity contribution is 14.1. The highest BCUT2D eigenvalue weighted by Crippen LogP contribution is 2.21. The number of nitrogens with zero attached hydrogens (tertiary/aromatic N) is 2. The van der Waals surface area contributed by atoms with Crippen LogP contribution in [-0.2, 0) is 6.54 Å². The minimum absolute atomic E-state index is 0.103. The van der Waals surface area contributed by atoms with Crippen LogP contribution in [0.2, 0.25) is 0 Å². The van der Waals surface area contributed by atoms with Crippen LogP contribution in [0, 0.1) is 9.49 Å². The number of amides is 1. The lowest BCUT2D eigenvalue weighted by Crippen LogP contribution is -2.32. The summed E-state index contributed by atoms with van der Waals surface area (Å²) in [7, 11) is 0. The molecular weight excluding hydrogens is 421 g/mol. The van der Waals surface area contributed by atoms with Crippen molar-refractivity contribution in [2.45, 2.75) is 26.3 Å². The van der Waals surface area contributed by atoms with Crippen molar-refractivity contribution in [2.75, 3.05) is 18.4 Å². The second-order valence-electron chi connectivity index (χ2n) is 6.06. The van der Waals surface area contributed by atoms with Crippen molar-refractivity contribution in [2.24, 2.45) is 5.92 Å². The van der Waals surface area contributed by atoms with Gasteiger partial charge in [-0.1, -0.05) is 6.92 Å². The summed E-state index contributed by atoms with van der Waals surface area (Å²) in [6.45, 7) is 5.48. The van der Waals surface area contributed by atoms with Gasteiger partial charge >= 0.3 is 0 Å². The zero-order chi connectivity index (χ0) is 16.2. The fourth-order valence-corrected chi connectivity index (χ4v) is 3.71. The fourth-order valence-electron chi connectivity index (χ4n) is 2.66. The number of hydrogen-bond donors (Lipinski definition) is 1. The van der Waals surface area contributed by atoms with Crippen molar-refractivity contribution >= 4 is 45.0 Å². The van der Waals surface area contributed by atoms with E-state index in [0.717, 1.165) is 34.8 Å². The van der Waals surface area contributed by atoms with Crippen molar-refractivity contribution in [3.8, 4) is 0 Å². The third kappa shape index (κ3) is 4.74. The van der Waals surface area contributed by atoms with Gasteiger partial charge in [0.15, 0.2) is 5.13 Å². The quantitative estimate of drug-likeness (QED) is 0.723. The maximum absolute atomic E-state index is 12.2. The van der Waals surface area contributed by atoms with Crippen LogP contribution in [0.4, 0.5) is 5.13 Å². The van der Waals surface area contributed by atoms with E-state index in [9.17, 15) is 4.79 Å². The second kappa shape index (κ2) is 7.72. The number of piperidine rings is 1. The summed E-state index contributed by atoms with van der Waals surface area (Å²) in [6, 6.07) is 7.53. The van der Waals surface area contributed by atoms with Crippen molar-refractivity contribution in [1.82, 2.24) is 9.88 Å². The molecular formula is C17H20IN3OS. The SMILES string of the molecule is CC1CCN(Cc2csc(NC(=O)c3ccc(I)cc3)n2)CC1. The first-order chi connectivity index (χ1) is 11.1. The normalized spacial score (nSPS) is 16.4. The maximum Gasteiger partial charge on any atom is 0.257 e. The van der Waals surface area contributed by atoms with Crippen molar-refractivity contribution in [1.29, 1.82) is 0 Å². The molecule has 2 aromatic rings.